The van der Waals surface area contributed by atoms with Gasteiger partial charge < -0.3 is 19.7 Å². The van der Waals surface area contributed by atoms with Crippen LogP contribution in [0.2, 0.25) is 0 Å². The molecule has 5 atom stereocenters. The maximum atomic E-state index is 14.4. The topological polar surface area (TPSA) is 149 Å². The molecule has 2 aromatic rings. The molecule has 0 spiro atoms. The molecular weight excluding hydrogens is 610 g/mol. The fourth-order valence-electron chi connectivity index (χ4n) is 6.02. The minimum absolute atomic E-state index is 0.0453. The average Bonchev–Trinajstić information content (AvgIpc) is 3.48. The van der Waals surface area contributed by atoms with Crippen molar-refractivity contribution in [3.8, 4) is 5.75 Å². The lowest BCUT2D eigenvalue weighted by Crippen LogP contribution is -2.55. The monoisotopic (exact) mass is 655 g/mol. The van der Waals surface area contributed by atoms with Crippen LogP contribution in [0.15, 0.2) is 49.2 Å². The van der Waals surface area contributed by atoms with Gasteiger partial charge in [0.2, 0.25) is 11.8 Å². The molecular formula is C34H45N3O8S. The number of hydrogen-bond donors (Lipinski definition) is 1. The highest BCUT2D eigenvalue weighted by atomic mass is 32.2. The van der Waals surface area contributed by atoms with Crippen LogP contribution in [0.25, 0.3) is 10.9 Å². The number of sulfone groups is 1. The Morgan fingerprint density at radius 1 is 1.13 bits per heavy atom. The van der Waals surface area contributed by atoms with Crippen molar-refractivity contribution in [2.75, 3.05) is 18.6 Å². The highest BCUT2D eigenvalue weighted by molar-refractivity contribution is 7.91. The molecule has 2 aliphatic rings. The standard InChI is InChI=1S/C34H45N3O8S/c1-9-21-18-34(21,28(38)20-46(8,42)43)36-30(40)26-16-22(44-27-14-15-35-25-13-11-10-12-23(25)27)19-37(26)31(41)24(32(2,3)4)17-29(39)45-33(5,6)7/h9-15,21-22,24,26H,1,16-20H2,2-8H3,(H,36,40)/t21-,22-,24-,26+,34-/m1/s1. The number of rotatable bonds is 11. The molecule has 12 heteroatoms. The minimum atomic E-state index is -3.66. The van der Waals surface area contributed by atoms with Gasteiger partial charge in [0.1, 0.15) is 34.8 Å². The van der Waals surface area contributed by atoms with Crippen LogP contribution < -0.4 is 10.1 Å². The number of ketones is 1. The smallest absolute Gasteiger partial charge is 0.307 e. The number of fused-ring (bicyclic) bond motifs is 1. The number of ether oxygens (including phenoxy) is 2. The van der Waals surface area contributed by atoms with Gasteiger partial charge in [-0.25, -0.2) is 8.42 Å². The lowest BCUT2D eigenvalue weighted by Gasteiger charge is -2.35. The number of nitrogens with zero attached hydrogens (tertiary/aromatic N) is 2. The lowest BCUT2D eigenvalue weighted by molar-refractivity contribution is -0.161. The van der Waals surface area contributed by atoms with Gasteiger partial charge in [-0.2, -0.15) is 0 Å². The van der Waals surface area contributed by atoms with Gasteiger partial charge in [-0.05, 0) is 50.8 Å². The second-order valence-corrected chi connectivity index (χ2v) is 16.7. The molecule has 250 valence electrons. The number of para-hydroxylation sites is 1. The molecule has 0 radical (unpaired) electrons. The number of amides is 2. The number of carbonyl (C=O) groups excluding carboxylic acids is 4. The Morgan fingerprint density at radius 3 is 2.39 bits per heavy atom. The van der Waals surface area contributed by atoms with E-state index in [1.807, 2.05) is 45.0 Å². The van der Waals surface area contributed by atoms with E-state index in [0.717, 1.165) is 17.2 Å². The Bertz CT molecular complexity index is 1640. The van der Waals surface area contributed by atoms with Crippen molar-refractivity contribution in [3.63, 3.8) is 0 Å². The summed E-state index contributed by atoms with van der Waals surface area (Å²) >= 11 is 0. The summed E-state index contributed by atoms with van der Waals surface area (Å²) in [4.78, 5) is 60.3. The number of carbonyl (C=O) groups is 4. The van der Waals surface area contributed by atoms with Crippen LogP contribution in [0.3, 0.4) is 0 Å². The summed E-state index contributed by atoms with van der Waals surface area (Å²) in [7, 11) is -3.66. The lowest BCUT2D eigenvalue weighted by atomic mass is 9.77. The number of pyridine rings is 1. The molecule has 1 aromatic carbocycles. The summed E-state index contributed by atoms with van der Waals surface area (Å²) < 4.78 is 35.9. The molecule has 11 nitrogen and oxygen atoms in total. The number of likely N-dealkylation sites (tertiary alicyclic amines) is 1. The summed E-state index contributed by atoms with van der Waals surface area (Å²) in [6.07, 6.45) is 3.62. The van der Waals surface area contributed by atoms with E-state index >= 15 is 0 Å². The average molecular weight is 656 g/mol. The molecule has 1 aliphatic carbocycles. The SMILES string of the molecule is C=C[C@@H]1C[C@]1(NC(=O)[C@@H]1C[C@@H](Oc2ccnc3ccccc23)CN1C(=O)[C@@H](CC(=O)OC(C)(C)C)C(C)(C)C)C(=O)CS(C)(=O)=O. The van der Waals surface area contributed by atoms with Gasteiger partial charge in [-0.15, -0.1) is 6.58 Å². The van der Waals surface area contributed by atoms with Crippen LogP contribution in [-0.2, 0) is 33.8 Å². The van der Waals surface area contributed by atoms with Gasteiger partial charge in [0.05, 0.1) is 24.4 Å². The molecule has 1 aliphatic heterocycles. The van der Waals surface area contributed by atoms with Crippen molar-refractivity contribution in [3.05, 3.63) is 49.2 Å². The van der Waals surface area contributed by atoms with E-state index in [2.05, 4.69) is 16.9 Å². The van der Waals surface area contributed by atoms with Gasteiger partial charge in [0, 0.05) is 30.2 Å². The minimum Gasteiger partial charge on any atom is -0.488 e. The Morgan fingerprint density at radius 2 is 1.80 bits per heavy atom. The van der Waals surface area contributed by atoms with Crippen LogP contribution in [0.1, 0.15) is 60.8 Å². The number of hydrogen-bond acceptors (Lipinski definition) is 9. The summed E-state index contributed by atoms with van der Waals surface area (Å²) in [6.45, 7) is 14.6. The van der Waals surface area contributed by atoms with E-state index in [1.54, 1.807) is 33.0 Å². The molecule has 0 unspecified atom stereocenters. The van der Waals surface area contributed by atoms with E-state index < -0.39 is 79.7 Å². The first-order valence-electron chi connectivity index (χ1n) is 15.4. The van der Waals surface area contributed by atoms with Crippen LogP contribution >= 0.6 is 0 Å². The molecule has 0 bridgehead atoms. The van der Waals surface area contributed by atoms with E-state index in [0.29, 0.717) is 5.75 Å². The molecule has 1 N–H and O–H groups in total. The fraction of sp³-hybridized carbons (Fsp3) is 0.559. The summed E-state index contributed by atoms with van der Waals surface area (Å²) in [5.74, 6) is -3.65. The quantitative estimate of drug-likeness (QED) is 0.283. The molecule has 4 rings (SSSR count). The zero-order valence-electron chi connectivity index (χ0n) is 27.7. The first-order valence-corrected chi connectivity index (χ1v) is 17.5. The maximum Gasteiger partial charge on any atom is 0.307 e. The van der Waals surface area contributed by atoms with Crippen LogP contribution in [0, 0.1) is 17.3 Å². The zero-order chi connectivity index (χ0) is 34.2. The number of esters is 1. The molecule has 1 aromatic heterocycles. The third kappa shape index (κ3) is 8.12. The zero-order valence-corrected chi connectivity index (χ0v) is 28.5. The summed E-state index contributed by atoms with van der Waals surface area (Å²) in [6, 6.07) is 8.12. The van der Waals surface area contributed by atoms with E-state index in [9.17, 15) is 27.6 Å². The Kier molecular flexibility index (Phi) is 9.74. The van der Waals surface area contributed by atoms with Gasteiger partial charge in [0.15, 0.2) is 15.6 Å². The molecule has 2 amide bonds. The van der Waals surface area contributed by atoms with Crippen LogP contribution in [-0.4, -0.2) is 83.7 Å². The Labute approximate surface area is 271 Å². The third-order valence-electron chi connectivity index (χ3n) is 8.42. The van der Waals surface area contributed by atoms with Crippen molar-refractivity contribution in [1.29, 1.82) is 0 Å². The van der Waals surface area contributed by atoms with E-state index in [-0.39, 0.29) is 25.8 Å². The third-order valence-corrected chi connectivity index (χ3v) is 9.21. The molecule has 46 heavy (non-hydrogen) atoms. The fourth-order valence-corrected chi connectivity index (χ4v) is 6.75. The summed E-state index contributed by atoms with van der Waals surface area (Å²) in [5, 5.41) is 3.57. The Hall–Kier alpha value is -3.80. The number of Topliss-reactive ketones (excluding diaryl/α,β-unsaturated/α-hetero) is 1. The van der Waals surface area contributed by atoms with Crippen molar-refractivity contribution in [1.82, 2.24) is 15.2 Å². The van der Waals surface area contributed by atoms with Gasteiger partial charge in [-0.3, -0.25) is 24.2 Å². The first kappa shape index (κ1) is 35.1. The second kappa shape index (κ2) is 12.8. The predicted octanol–water partition coefficient (Wildman–Crippen LogP) is 3.65. The van der Waals surface area contributed by atoms with E-state index in [4.69, 9.17) is 9.47 Å². The van der Waals surface area contributed by atoms with Gasteiger partial charge in [0.25, 0.3) is 0 Å². The maximum absolute atomic E-state index is 14.4. The van der Waals surface area contributed by atoms with E-state index in [1.165, 1.54) is 11.0 Å². The normalized spacial score (nSPS) is 23.8. The number of nitrogens with one attached hydrogen (secondary N) is 1. The molecule has 1 saturated heterocycles. The highest BCUT2D eigenvalue weighted by Gasteiger charge is 2.60. The predicted molar refractivity (Wildman–Crippen MR) is 174 cm³/mol. The van der Waals surface area contributed by atoms with Crippen molar-refractivity contribution >= 4 is 44.3 Å². The van der Waals surface area contributed by atoms with Gasteiger partial charge in [-0.1, -0.05) is 39.0 Å². The van der Waals surface area contributed by atoms with Crippen molar-refractivity contribution < 1.29 is 37.1 Å². The summed E-state index contributed by atoms with van der Waals surface area (Å²) in [5.41, 5.74) is -2.12. The highest BCUT2D eigenvalue weighted by Crippen LogP contribution is 2.46. The molecule has 2 fully saturated rings. The second-order valence-electron chi connectivity index (χ2n) is 14.5. The number of aromatic nitrogens is 1. The van der Waals surface area contributed by atoms with Crippen LogP contribution in [0.4, 0.5) is 0 Å². The Balaban J connectivity index is 1.66. The van der Waals surface area contributed by atoms with Crippen LogP contribution in [0.5, 0.6) is 5.75 Å². The first-order chi connectivity index (χ1) is 21.2. The molecule has 1 saturated carbocycles. The van der Waals surface area contributed by atoms with Crippen molar-refractivity contribution in [2.45, 2.75) is 84.1 Å². The van der Waals surface area contributed by atoms with Gasteiger partial charge >= 0.3 is 5.97 Å². The largest absolute Gasteiger partial charge is 0.488 e. The number of benzene rings is 1. The van der Waals surface area contributed by atoms with Crippen molar-refractivity contribution in [2.24, 2.45) is 17.3 Å². The molecule has 2 heterocycles.